The van der Waals surface area contributed by atoms with Gasteiger partial charge in [0.2, 0.25) is 5.91 Å². The van der Waals surface area contributed by atoms with Crippen molar-refractivity contribution in [1.29, 1.82) is 0 Å². The first-order valence-corrected chi connectivity index (χ1v) is 11.5. The lowest BCUT2D eigenvalue weighted by atomic mass is 9.91. The molecule has 1 aliphatic carbocycles. The van der Waals surface area contributed by atoms with Gasteiger partial charge < -0.3 is 19.3 Å². The Bertz CT molecular complexity index is 940. The molecule has 32 heavy (non-hydrogen) atoms. The molecule has 0 spiro atoms. The molecule has 1 atom stereocenters. The molecule has 0 aromatic heterocycles. The predicted octanol–water partition coefficient (Wildman–Crippen LogP) is 3.99. The first kappa shape index (κ1) is 22.2. The van der Waals surface area contributed by atoms with Gasteiger partial charge in [-0.25, -0.2) is 0 Å². The smallest absolute Gasteiger partial charge is 0.250 e. The molecular formula is C26H32N2O4. The fraction of sp³-hybridized carbons (Fsp3) is 0.462. The Labute approximate surface area is 190 Å². The summed E-state index contributed by atoms with van der Waals surface area (Å²) < 4.78 is 10.9. The number of methoxy groups -OCH3 is 2. The number of hydrogen-bond acceptors (Lipinski definition) is 4. The van der Waals surface area contributed by atoms with Crippen molar-refractivity contribution in [2.24, 2.45) is 0 Å². The van der Waals surface area contributed by atoms with E-state index >= 15 is 0 Å². The maximum absolute atomic E-state index is 13.8. The van der Waals surface area contributed by atoms with Gasteiger partial charge in [0.05, 0.1) is 14.2 Å². The van der Waals surface area contributed by atoms with Crippen molar-refractivity contribution in [2.75, 3.05) is 27.3 Å². The summed E-state index contributed by atoms with van der Waals surface area (Å²) in [6.45, 7) is 0.661. The predicted molar refractivity (Wildman–Crippen MR) is 123 cm³/mol. The molecule has 0 unspecified atom stereocenters. The highest BCUT2D eigenvalue weighted by molar-refractivity contribution is 5.96. The van der Waals surface area contributed by atoms with Gasteiger partial charge in [0, 0.05) is 12.6 Å². The Hall–Kier alpha value is -3.02. The molecule has 2 aliphatic rings. The molecule has 2 amide bonds. The van der Waals surface area contributed by atoms with Crippen LogP contribution in [0.25, 0.3) is 0 Å². The van der Waals surface area contributed by atoms with E-state index in [1.165, 1.54) is 6.42 Å². The van der Waals surface area contributed by atoms with Crippen LogP contribution in [0.1, 0.15) is 49.3 Å². The second-order valence-corrected chi connectivity index (χ2v) is 8.60. The molecule has 0 bridgehead atoms. The van der Waals surface area contributed by atoms with Crippen molar-refractivity contribution in [3.63, 3.8) is 0 Å². The van der Waals surface area contributed by atoms with E-state index in [0.29, 0.717) is 24.5 Å². The number of amides is 2. The number of benzene rings is 2. The minimum Gasteiger partial charge on any atom is -0.493 e. The van der Waals surface area contributed by atoms with Gasteiger partial charge in [-0.15, -0.1) is 0 Å². The molecule has 1 aliphatic heterocycles. The van der Waals surface area contributed by atoms with E-state index in [1.807, 2.05) is 35.2 Å². The van der Waals surface area contributed by atoms with Crippen LogP contribution in [0.4, 0.5) is 0 Å². The van der Waals surface area contributed by atoms with Crippen LogP contribution < -0.4 is 9.47 Å². The number of carbonyl (C=O) groups excluding carboxylic acids is 2. The highest BCUT2D eigenvalue weighted by Crippen LogP contribution is 2.36. The van der Waals surface area contributed by atoms with Gasteiger partial charge in [-0.2, -0.15) is 0 Å². The maximum atomic E-state index is 13.8. The van der Waals surface area contributed by atoms with Crippen LogP contribution in [0.3, 0.4) is 0 Å². The largest absolute Gasteiger partial charge is 0.493 e. The summed E-state index contributed by atoms with van der Waals surface area (Å²) in [5, 5.41) is 0. The Balaban J connectivity index is 1.66. The lowest BCUT2D eigenvalue weighted by Gasteiger charge is -2.44. The summed E-state index contributed by atoms with van der Waals surface area (Å²) in [6.07, 6.45) is 6.08. The van der Waals surface area contributed by atoms with Crippen molar-refractivity contribution in [2.45, 2.75) is 50.6 Å². The van der Waals surface area contributed by atoms with Gasteiger partial charge in [-0.1, -0.05) is 55.7 Å². The molecular weight excluding hydrogens is 404 g/mol. The molecule has 2 aromatic carbocycles. The van der Waals surface area contributed by atoms with Gasteiger partial charge in [0.1, 0.15) is 12.6 Å². The van der Waals surface area contributed by atoms with Crippen LogP contribution in [0.15, 0.2) is 48.5 Å². The van der Waals surface area contributed by atoms with Gasteiger partial charge in [-0.05, 0) is 42.5 Å². The highest BCUT2D eigenvalue weighted by Gasteiger charge is 2.43. The van der Waals surface area contributed by atoms with Gasteiger partial charge in [0.15, 0.2) is 11.5 Å². The summed E-state index contributed by atoms with van der Waals surface area (Å²) in [4.78, 5) is 30.7. The van der Waals surface area contributed by atoms with Crippen LogP contribution in [-0.4, -0.2) is 55.0 Å². The molecule has 6 nitrogen and oxygen atoms in total. The van der Waals surface area contributed by atoms with E-state index in [9.17, 15) is 9.59 Å². The first-order valence-electron chi connectivity index (χ1n) is 11.5. The summed E-state index contributed by atoms with van der Waals surface area (Å²) >= 11 is 0. The minimum absolute atomic E-state index is 0.00545. The molecule has 4 rings (SSSR count). The first-order chi connectivity index (χ1) is 15.6. The van der Waals surface area contributed by atoms with Gasteiger partial charge >= 0.3 is 0 Å². The van der Waals surface area contributed by atoms with Crippen LogP contribution in [0.2, 0.25) is 0 Å². The summed E-state index contributed by atoms with van der Waals surface area (Å²) in [6, 6.07) is 15.1. The zero-order valence-electron chi connectivity index (χ0n) is 19.0. The third kappa shape index (κ3) is 4.59. The van der Waals surface area contributed by atoms with E-state index in [-0.39, 0.29) is 24.4 Å². The van der Waals surface area contributed by atoms with E-state index in [2.05, 4.69) is 12.1 Å². The SMILES string of the molecule is COc1ccc([C@H]2C(=O)N(C3CCCCC3)CC(=O)N2CCc2ccccc2)cc1OC. The van der Waals surface area contributed by atoms with Crippen LogP contribution in [0.5, 0.6) is 11.5 Å². The number of rotatable bonds is 7. The van der Waals surface area contributed by atoms with Crippen molar-refractivity contribution >= 4 is 11.8 Å². The Morgan fingerprint density at radius 1 is 0.906 bits per heavy atom. The Morgan fingerprint density at radius 3 is 2.31 bits per heavy atom. The molecule has 2 fully saturated rings. The molecule has 170 valence electrons. The van der Waals surface area contributed by atoms with Crippen molar-refractivity contribution < 1.29 is 19.1 Å². The molecule has 1 saturated heterocycles. The average Bonchev–Trinajstić information content (AvgIpc) is 2.85. The molecule has 2 aromatic rings. The fourth-order valence-electron chi connectivity index (χ4n) is 4.94. The Morgan fingerprint density at radius 2 is 1.62 bits per heavy atom. The average molecular weight is 437 g/mol. The van der Waals surface area contributed by atoms with Crippen molar-refractivity contribution in [1.82, 2.24) is 9.80 Å². The van der Waals surface area contributed by atoms with Crippen LogP contribution >= 0.6 is 0 Å². The maximum Gasteiger partial charge on any atom is 0.250 e. The number of hydrogen-bond donors (Lipinski definition) is 0. The van der Waals surface area contributed by atoms with E-state index in [0.717, 1.165) is 36.8 Å². The fourth-order valence-corrected chi connectivity index (χ4v) is 4.94. The monoisotopic (exact) mass is 436 g/mol. The Kier molecular flexibility index (Phi) is 6.98. The molecule has 1 saturated carbocycles. The standard InChI is InChI=1S/C26H32N2O4/c1-31-22-14-13-20(17-23(22)32-2)25-26(30)28(21-11-7-4-8-12-21)18-24(29)27(25)16-15-19-9-5-3-6-10-19/h3,5-6,9-10,13-14,17,21,25H,4,7-8,11-12,15-16,18H2,1-2H3/t25-/m0/s1. The van der Waals surface area contributed by atoms with E-state index in [1.54, 1.807) is 25.2 Å². The van der Waals surface area contributed by atoms with Crippen LogP contribution in [0, 0.1) is 0 Å². The quantitative estimate of drug-likeness (QED) is 0.659. The highest BCUT2D eigenvalue weighted by atomic mass is 16.5. The minimum atomic E-state index is -0.651. The number of carbonyl (C=O) groups is 2. The second-order valence-electron chi connectivity index (χ2n) is 8.60. The zero-order chi connectivity index (χ0) is 22.5. The lowest BCUT2D eigenvalue weighted by molar-refractivity contribution is -0.159. The van der Waals surface area contributed by atoms with Crippen LogP contribution in [-0.2, 0) is 16.0 Å². The number of piperazine rings is 1. The number of nitrogens with zero attached hydrogens (tertiary/aromatic N) is 2. The molecule has 0 N–H and O–H groups in total. The topological polar surface area (TPSA) is 59.1 Å². The third-order valence-electron chi connectivity index (χ3n) is 6.68. The summed E-state index contributed by atoms with van der Waals surface area (Å²) in [5.74, 6) is 1.18. The normalized spacial score (nSPS) is 19.9. The van der Waals surface area contributed by atoms with E-state index < -0.39 is 6.04 Å². The second kappa shape index (κ2) is 10.1. The van der Waals surface area contributed by atoms with Gasteiger partial charge in [-0.3, -0.25) is 9.59 Å². The number of ether oxygens (including phenoxy) is 2. The van der Waals surface area contributed by atoms with Crippen molar-refractivity contribution in [3.8, 4) is 11.5 Å². The lowest BCUT2D eigenvalue weighted by Crippen LogP contribution is -2.58. The third-order valence-corrected chi connectivity index (χ3v) is 6.68. The van der Waals surface area contributed by atoms with Crippen molar-refractivity contribution in [3.05, 3.63) is 59.7 Å². The molecule has 0 radical (unpaired) electrons. The zero-order valence-corrected chi connectivity index (χ0v) is 19.0. The summed E-state index contributed by atoms with van der Waals surface area (Å²) in [7, 11) is 3.17. The summed E-state index contributed by atoms with van der Waals surface area (Å²) in [5.41, 5.74) is 1.91. The van der Waals surface area contributed by atoms with E-state index in [4.69, 9.17) is 9.47 Å². The van der Waals surface area contributed by atoms with Gasteiger partial charge in [0.25, 0.3) is 5.91 Å². The molecule has 1 heterocycles. The molecule has 6 heteroatoms.